The Labute approximate surface area is 192 Å². The fourth-order valence-corrected chi connectivity index (χ4v) is 3.70. The predicted molar refractivity (Wildman–Crippen MR) is 123 cm³/mol. The standard InChI is InChI=1S/C23H27ClN4O4/c1-32-20-9-5-4-8-19(20)27-23(31)28-12-10-16(11-13-28)14-25-21(29)22(30)26-15-17-6-2-3-7-18(17)24/h2-9,16H,10-15H2,1H3,(H,25,29)(H,26,30)(H,27,31). The molecule has 0 bridgehead atoms. The Morgan fingerprint density at radius 2 is 1.66 bits per heavy atom. The van der Waals surface area contributed by atoms with Crippen molar-refractivity contribution in [3.05, 3.63) is 59.1 Å². The van der Waals surface area contributed by atoms with E-state index in [2.05, 4.69) is 16.0 Å². The van der Waals surface area contributed by atoms with Crippen molar-refractivity contribution in [1.29, 1.82) is 0 Å². The molecule has 1 fully saturated rings. The first kappa shape index (κ1) is 23.4. The normalized spacial score (nSPS) is 13.9. The third kappa shape index (κ3) is 6.37. The number of urea groups is 1. The minimum Gasteiger partial charge on any atom is -0.495 e. The summed E-state index contributed by atoms with van der Waals surface area (Å²) in [4.78, 5) is 38.4. The van der Waals surface area contributed by atoms with Gasteiger partial charge in [-0.2, -0.15) is 0 Å². The molecule has 0 unspecified atom stereocenters. The molecule has 1 saturated heterocycles. The summed E-state index contributed by atoms with van der Waals surface area (Å²) < 4.78 is 5.26. The third-order valence-corrected chi connectivity index (χ3v) is 5.77. The van der Waals surface area contributed by atoms with E-state index < -0.39 is 11.8 Å². The summed E-state index contributed by atoms with van der Waals surface area (Å²) >= 11 is 6.05. The maximum Gasteiger partial charge on any atom is 0.321 e. The van der Waals surface area contributed by atoms with Crippen molar-refractivity contribution in [1.82, 2.24) is 15.5 Å². The van der Waals surface area contributed by atoms with Gasteiger partial charge in [-0.3, -0.25) is 9.59 Å². The Balaban J connectivity index is 1.38. The average Bonchev–Trinajstić information content (AvgIpc) is 2.82. The smallest absolute Gasteiger partial charge is 0.321 e. The van der Waals surface area contributed by atoms with Gasteiger partial charge in [0.05, 0.1) is 12.8 Å². The first-order valence-electron chi connectivity index (χ1n) is 10.5. The first-order chi connectivity index (χ1) is 15.5. The number of methoxy groups -OCH3 is 1. The lowest BCUT2D eigenvalue weighted by Gasteiger charge is -2.32. The fourth-order valence-electron chi connectivity index (χ4n) is 3.50. The number of nitrogens with zero attached hydrogens (tertiary/aromatic N) is 1. The molecule has 32 heavy (non-hydrogen) atoms. The van der Waals surface area contributed by atoms with Crippen molar-refractivity contribution in [3.8, 4) is 5.75 Å². The largest absolute Gasteiger partial charge is 0.495 e. The Bertz CT molecular complexity index is 961. The van der Waals surface area contributed by atoms with Crippen molar-refractivity contribution in [2.75, 3.05) is 32.1 Å². The molecule has 3 N–H and O–H groups in total. The number of piperidine rings is 1. The highest BCUT2D eigenvalue weighted by Gasteiger charge is 2.24. The summed E-state index contributed by atoms with van der Waals surface area (Å²) in [5, 5.41) is 8.67. The lowest BCUT2D eigenvalue weighted by molar-refractivity contribution is -0.139. The molecule has 0 saturated carbocycles. The number of ether oxygens (including phenoxy) is 1. The van der Waals surface area contributed by atoms with E-state index in [-0.39, 0.29) is 18.5 Å². The Kier molecular flexibility index (Phi) is 8.33. The number of likely N-dealkylation sites (tertiary alicyclic amines) is 1. The van der Waals surface area contributed by atoms with E-state index in [0.29, 0.717) is 36.1 Å². The van der Waals surface area contributed by atoms with Crippen LogP contribution in [0.2, 0.25) is 5.02 Å². The lowest BCUT2D eigenvalue weighted by atomic mass is 9.97. The number of carbonyl (C=O) groups is 3. The quantitative estimate of drug-likeness (QED) is 0.579. The van der Waals surface area contributed by atoms with E-state index in [0.717, 1.165) is 18.4 Å². The van der Waals surface area contributed by atoms with E-state index >= 15 is 0 Å². The number of carbonyl (C=O) groups excluding carboxylic acids is 3. The van der Waals surface area contributed by atoms with Gasteiger partial charge in [-0.05, 0) is 42.5 Å². The minimum atomic E-state index is -0.696. The molecule has 2 aromatic carbocycles. The zero-order valence-corrected chi connectivity index (χ0v) is 18.7. The fraction of sp³-hybridized carbons (Fsp3) is 0.348. The molecule has 8 nitrogen and oxygen atoms in total. The second-order valence-corrected chi connectivity index (χ2v) is 7.95. The lowest BCUT2D eigenvalue weighted by Crippen LogP contribution is -2.45. The van der Waals surface area contributed by atoms with Crippen molar-refractivity contribution in [2.45, 2.75) is 19.4 Å². The van der Waals surface area contributed by atoms with Gasteiger partial charge in [0.15, 0.2) is 0 Å². The third-order valence-electron chi connectivity index (χ3n) is 5.41. The van der Waals surface area contributed by atoms with Crippen molar-refractivity contribution < 1.29 is 19.1 Å². The Morgan fingerprint density at radius 3 is 2.38 bits per heavy atom. The SMILES string of the molecule is COc1ccccc1NC(=O)N1CCC(CNC(=O)C(=O)NCc2ccccc2Cl)CC1. The molecule has 0 spiro atoms. The molecule has 1 heterocycles. The molecule has 4 amide bonds. The summed E-state index contributed by atoms with van der Waals surface area (Å²) in [6.07, 6.45) is 1.47. The van der Waals surface area contributed by atoms with Gasteiger partial charge in [0, 0.05) is 31.2 Å². The number of halogens is 1. The molecule has 0 aliphatic carbocycles. The van der Waals surface area contributed by atoms with Crippen LogP contribution in [0.3, 0.4) is 0 Å². The molecular formula is C23H27ClN4O4. The number of anilines is 1. The van der Waals surface area contributed by atoms with E-state index in [1.807, 2.05) is 18.2 Å². The van der Waals surface area contributed by atoms with Crippen LogP contribution in [0, 0.1) is 5.92 Å². The second kappa shape index (κ2) is 11.4. The average molecular weight is 459 g/mol. The molecule has 2 aromatic rings. The summed E-state index contributed by atoms with van der Waals surface area (Å²) in [5.41, 5.74) is 1.37. The predicted octanol–water partition coefficient (Wildman–Crippen LogP) is 3.03. The van der Waals surface area contributed by atoms with Gasteiger partial charge in [0.2, 0.25) is 0 Å². The van der Waals surface area contributed by atoms with Crippen LogP contribution in [0.15, 0.2) is 48.5 Å². The van der Waals surface area contributed by atoms with Crippen LogP contribution in [0.1, 0.15) is 18.4 Å². The monoisotopic (exact) mass is 458 g/mol. The maximum atomic E-state index is 12.5. The number of benzene rings is 2. The highest BCUT2D eigenvalue weighted by molar-refractivity contribution is 6.35. The molecule has 1 aliphatic rings. The van der Waals surface area contributed by atoms with Gasteiger partial charge in [-0.1, -0.05) is 41.9 Å². The molecule has 1 aliphatic heterocycles. The summed E-state index contributed by atoms with van der Waals surface area (Å²) in [6, 6.07) is 14.2. The topological polar surface area (TPSA) is 99.8 Å². The number of nitrogens with one attached hydrogen (secondary N) is 3. The van der Waals surface area contributed by atoms with Gasteiger partial charge in [0.1, 0.15) is 5.75 Å². The molecular weight excluding hydrogens is 432 g/mol. The molecule has 0 aromatic heterocycles. The number of para-hydroxylation sites is 2. The van der Waals surface area contributed by atoms with Crippen molar-refractivity contribution >= 4 is 35.1 Å². The van der Waals surface area contributed by atoms with E-state index in [1.54, 1.807) is 42.3 Å². The minimum absolute atomic E-state index is 0.184. The zero-order valence-electron chi connectivity index (χ0n) is 17.9. The van der Waals surface area contributed by atoms with Gasteiger partial charge in [-0.15, -0.1) is 0 Å². The van der Waals surface area contributed by atoms with E-state index in [4.69, 9.17) is 16.3 Å². The summed E-state index contributed by atoms with van der Waals surface area (Å²) in [7, 11) is 1.56. The van der Waals surface area contributed by atoms with Crippen molar-refractivity contribution in [3.63, 3.8) is 0 Å². The van der Waals surface area contributed by atoms with Crippen molar-refractivity contribution in [2.24, 2.45) is 5.92 Å². The second-order valence-electron chi connectivity index (χ2n) is 7.54. The van der Waals surface area contributed by atoms with Crippen LogP contribution in [0.5, 0.6) is 5.75 Å². The first-order valence-corrected chi connectivity index (χ1v) is 10.8. The zero-order chi connectivity index (χ0) is 22.9. The van der Waals surface area contributed by atoms with Crippen LogP contribution >= 0.6 is 11.6 Å². The Hall–Kier alpha value is -3.26. The molecule has 3 rings (SSSR count). The van der Waals surface area contributed by atoms with Crippen LogP contribution in [0.25, 0.3) is 0 Å². The molecule has 0 radical (unpaired) electrons. The number of hydrogen-bond acceptors (Lipinski definition) is 4. The Morgan fingerprint density at radius 1 is 1.00 bits per heavy atom. The number of rotatable bonds is 6. The summed E-state index contributed by atoms with van der Waals surface area (Å²) in [6.45, 7) is 1.71. The van der Waals surface area contributed by atoms with Gasteiger partial charge in [-0.25, -0.2) is 4.79 Å². The number of amides is 4. The van der Waals surface area contributed by atoms with E-state index in [9.17, 15) is 14.4 Å². The molecule has 170 valence electrons. The van der Waals surface area contributed by atoms with Crippen LogP contribution in [0.4, 0.5) is 10.5 Å². The highest BCUT2D eigenvalue weighted by atomic mass is 35.5. The van der Waals surface area contributed by atoms with Gasteiger partial charge in [0.25, 0.3) is 0 Å². The molecule has 0 atom stereocenters. The van der Waals surface area contributed by atoms with E-state index in [1.165, 1.54) is 0 Å². The van der Waals surface area contributed by atoms with Gasteiger partial charge >= 0.3 is 17.8 Å². The van der Waals surface area contributed by atoms with Crippen LogP contribution in [-0.4, -0.2) is 49.5 Å². The highest BCUT2D eigenvalue weighted by Crippen LogP contribution is 2.24. The van der Waals surface area contributed by atoms with Crippen LogP contribution < -0.4 is 20.7 Å². The van der Waals surface area contributed by atoms with Crippen LogP contribution in [-0.2, 0) is 16.1 Å². The number of hydrogen-bond donors (Lipinski definition) is 3. The van der Waals surface area contributed by atoms with Gasteiger partial charge < -0.3 is 25.6 Å². The molecule has 9 heteroatoms. The summed E-state index contributed by atoms with van der Waals surface area (Å²) in [5.74, 6) is -0.566. The maximum absolute atomic E-state index is 12.5.